The minimum absolute atomic E-state index is 0.127. The van der Waals surface area contributed by atoms with E-state index in [1.54, 1.807) is 36.5 Å². The van der Waals surface area contributed by atoms with Crippen molar-refractivity contribution in [3.8, 4) is 5.75 Å². The molecule has 0 aliphatic heterocycles. The monoisotopic (exact) mass is 379 g/mol. The third-order valence-electron chi connectivity index (χ3n) is 4.30. The number of hydrogen-bond acceptors (Lipinski definition) is 4. The molecule has 0 saturated heterocycles. The van der Waals surface area contributed by atoms with Crippen LogP contribution in [0.25, 0.3) is 0 Å². The van der Waals surface area contributed by atoms with E-state index in [4.69, 9.17) is 4.18 Å². The molecule has 3 aromatic carbocycles. The van der Waals surface area contributed by atoms with E-state index in [-0.39, 0.29) is 10.6 Å². The van der Waals surface area contributed by atoms with Crippen LogP contribution in [-0.4, -0.2) is 14.6 Å². The Morgan fingerprint density at radius 3 is 2.33 bits per heavy atom. The van der Waals surface area contributed by atoms with Gasteiger partial charge in [-0.3, -0.25) is 4.99 Å². The van der Waals surface area contributed by atoms with Crippen LogP contribution >= 0.6 is 0 Å². The fourth-order valence-electron chi connectivity index (χ4n) is 2.55. The number of aryl methyl sites for hydroxylation is 2. The number of rotatable bonds is 5. The van der Waals surface area contributed by atoms with Crippen molar-refractivity contribution in [1.29, 1.82) is 0 Å². The van der Waals surface area contributed by atoms with Gasteiger partial charge in [0.15, 0.2) is 0 Å². The molecule has 0 N–H and O–H groups in total. The van der Waals surface area contributed by atoms with Crippen LogP contribution in [0.3, 0.4) is 0 Å². The van der Waals surface area contributed by atoms with E-state index in [0.29, 0.717) is 0 Å². The summed E-state index contributed by atoms with van der Waals surface area (Å²) in [5.41, 5.74) is 4.91. The fourth-order valence-corrected chi connectivity index (χ4v) is 3.47. The van der Waals surface area contributed by atoms with Gasteiger partial charge in [-0.1, -0.05) is 42.0 Å². The van der Waals surface area contributed by atoms with Gasteiger partial charge in [0.25, 0.3) is 0 Å². The Balaban J connectivity index is 1.82. The highest BCUT2D eigenvalue weighted by molar-refractivity contribution is 7.87. The molecule has 0 bridgehead atoms. The van der Waals surface area contributed by atoms with Crippen molar-refractivity contribution in [3.05, 3.63) is 89.0 Å². The molecule has 0 aromatic heterocycles. The zero-order valence-corrected chi connectivity index (χ0v) is 16.3. The van der Waals surface area contributed by atoms with E-state index in [1.807, 2.05) is 45.0 Å². The number of benzene rings is 3. The molecule has 0 heterocycles. The van der Waals surface area contributed by atoms with Crippen LogP contribution in [0, 0.1) is 20.8 Å². The van der Waals surface area contributed by atoms with Crippen LogP contribution in [0.15, 0.2) is 76.6 Å². The molecular weight excluding hydrogens is 358 g/mol. The summed E-state index contributed by atoms with van der Waals surface area (Å²) in [4.78, 5) is 4.64. The summed E-state index contributed by atoms with van der Waals surface area (Å²) in [5.74, 6) is 0.250. The first kappa shape index (κ1) is 18.9. The summed E-state index contributed by atoms with van der Waals surface area (Å²) in [6.07, 6.45) is 1.70. The highest BCUT2D eigenvalue weighted by Crippen LogP contribution is 2.22. The van der Waals surface area contributed by atoms with Gasteiger partial charge in [-0.15, -0.1) is 0 Å². The van der Waals surface area contributed by atoms with Gasteiger partial charge >= 0.3 is 10.1 Å². The average Bonchev–Trinajstić information content (AvgIpc) is 2.63. The highest BCUT2D eigenvalue weighted by atomic mass is 32.2. The summed E-state index contributed by atoms with van der Waals surface area (Å²) >= 11 is 0. The molecule has 0 unspecified atom stereocenters. The van der Waals surface area contributed by atoms with Crippen LogP contribution < -0.4 is 4.18 Å². The van der Waals surface area contributed by atoms with Gasteiger partial charge in [-0.2, -0.15) is 8.42 Å². The normalized spacial score (nSPS) is 11.7. The van der Waals surface area contributed by atoms with Crippen LogP contribution in [0.2, 0.25) is 0 Å². The number of aliphatic imine (C=N–C) groups is 1. The Bertz CT molecular complexity index is 1080. The van der Waals surface area contributed by atoms with Crippen molar-refractivity contribution in [2.24, 2.45) is 4.99 Å². The molecule has 0 radical (unpaired) electrons. The van der Waals surface area contributed by atoms with E-state index < -0.39 is 10.1 Å². The van der Waals surface area contributed by atoms with Crippen molar-refractivity contribution < 1.29 is 12.6 Å². The lowest BCUT2D eigenvalue weighted by Crippen LogP contribution is -2.09. The maximum atomic E-state index is 12.4. The van der Waals surface area contributed by atoms with E-state index >= 15 is 0 Å². The molecule has 0 amide bonds. The minimum Gasteiger partial charge on any atom is -0.379 e. The molecule has 0 spiro atoms. The van der Waals surface area contributed by atoms with Gasteiger partial charge in [0, 0.05) is 6.21 Å². The molecule has 27 heavy (non-hydrogen) atoms. The first-order chi connectivity index (χ1) is 12.8. The molecule has 0 saturated carbocycles. The second-order valence-corrected chi connectivity index (χ2v) is 7.95. The van der Waals surface area contributed by atoms with E-state index in [9.17, 15) is 8.42 Å². The number of hydrogen-bond donors (Lipinski definition) is 0. The summed E-state index contributed by atoms with van der Waals surface area (Å²) in [5, 5.41) is 0. The quantitative estimate of drug-likeness (QED) is 0.456. The zero-order valence-electron chi connectivity index (χ0n) is 15.5. The molecule has 138 valence electrons. The minimum atomic E-state index is -3.87. The maximum Gasteiger partial charge on any atom is 0.339 e. The third-order valence-corrected chi connectivity index (χ3v) is 5.56. The lowest BCUT2D eigenvalue weighted by Gasteiger charge is -2.08. The average molecular weight is 379 g/mol. The topological polar surface area (TPSA) is 55.7 Å². The van der Waals surface area contributed by atoms with Gasteiger partial charge < -0.3 is 4.18 Å². The van der Waals surface area contributed by atoms with E-state index in [1.165, 1.54) is 17.7 Å². The molecule has 0 aliphatic carbocycles. The van der Waals surface area contributed by atoms with Gasteiger partial charge in [0.05, 0.1) is 5.69 Å². The van der Waals surface area contributed by atoms with Crippen molar-refractivity contribution in [1.82, 2.24) is 0 Å². The SMILES string of the molecule is Cc1ccc(S(=O)(=O)Oc2cccc(C=Nc3cccc(C)c3C)c2)cc1. The predicted molar refractivity (Wildman–Crippen MR) is 109 cm³/mol. The summed E-state index contributed by atoms with van der Waals surface area (Å²) in [6.45, 7) is 5.96. The molecule has 0 fully saturated rings. The Hall–Kier alpha value is -2.92. The maximum absolute atomic E-state index is 12.4. The fraction of sp³-hybridized carbons (Fsp3) is 0.136. The lowest BCUT2D eigenvalue weighted by molar-refractivity contribution is 0.486. The van der Waals surface area contributed by atoms with Gasteiger partial charge in [-0.05, 0) is 67.8 Å². The van der Waals surface area contributed by atoms with Crippen LogP contribution in [0.1, 0.15) is 22.3 Å². The zero-order chi connectivity index (χ0) is 19.4. The smallest absolute Gasteiger partial charge is 0.339 e. The predicted octanol–water partition coefficient (Wildman–Crippen LogP) is 5.13. The Labute approximate surface area is 160 Å². The molecule has 3 aromatic rings. The number of nitrogens with zero attached hydrogens (tertiary/aromatic N) is 1. The molecule has 5 heteroatoms. The summed E-state index contributed by atoms with van der Waals surface area (Å²) in [6, 6.07) is 19.4. The Kier molecular flexibility index (Phi) is 5.42. The van der Waals surface area contributed by atoms with Crippen molar-refractivity contribution in [2.45, 2.75) is 25.7 Å². The second kappa shape index (κ2) is 7.76. The third kappa shape index (κ3) is 4.63. The van der Waals surface area contributed by atoms with E-state index in [0.717, 1.165) is 22.4 Å². The van der Waals surface area contributed by atoms with Crippen LogP contribution in [0.4, 0.5) is 5.69 Å². The summed E-state index contributed by atoms with van der Waals surface area (Å²) < 4.78 is 30.1. The van der Waals surface area contributed by atoms with Gasteiger partial charge in [0.2, 0.25) is 0 Å². The van der Waals surface area contributed by atoms with E-state index in [2.05, 4.69) is 4.99 Å². The van der Waals surface area contributed by atoms with Crippen molar-refractivity contribution in [2.75, 3.05) is 0 Å². The Morgan fingerprint density at radius 1 is 0.889 bits per heavy atom. The molecular formula is C22H21NO3S. The standard InChI is InChI=1S/C22H21NO3S/c1-16-10-12-21(13-11-16)27(24,25)26-20-8-5-7-19(14-20)15-23-22-9-4-6-17(2)18(22)3/h4-15H,1-3H3. The lowest BCUT2D eigenvalue weighted by atomic mass is 10.1. The van der Waals surface area contributed by atoms with Crippen molar-refractivity contribution in [3.63, 3.8) is 0 Å². The molecule has 3 rings (SSSR count). The van der Waals surface area contributed by atoms with Crippen LogP contribution in [0.5, 0.6) is 5.75 Å². The van der Waals surface area contributed by atoms with Crippen molar-refractivity contribution >= 4 is 22.0 Å². The van der Waals surface area contributed by atoms with Gasteiger partial charge in [0.1, 0.15) is 10.6 Å². The summed E-state index contributed by atoms with van der Waals surface area (Å²) in [7, 11) is -3.87. The molecule has 4 nitrogen and oxygen atoms in total. The first-order valence-corrected chi connectivity index (χ1v) is 9.97. The largest absolute Gasteiger partial charge is 0.379 e. The van der Waals surface area contributed by atoms with Crippen LogP contribution in [-0.2, 0) is 10.1 Å². The Morgan fingerprint density at radius 2 is 1.59 bits per heavy atom. The molecule has 0 aliphatic rings. The van der Waals surface area contributed by atoms with Gasteiger partial charge in [-0.25, -0.2) is 0 Å². The molecule has 0 atom stereocenters. The highest BCUT2D eigenvalue weighted by Gasteiger charge is 2.16. The second-order valence-electron chi connectivity index (χ2n) is 6.40. The first-order valence-electron chi connectivity index (χ1n) is 8.57.